The highest BCUT2D eigenvalue weighted by Crippen LogP contribution is 2.25. The van der Waals surface area contributed by atoms with Crippen molar-refractivity contribution >= 4 is 29.6 Å². The zero-order valence-electron chi connectivity index (χ0n) is 22.0. The van der Waals surface area contributed by atoms with E-state index in [2.05, 4.69) is 16.0 Å². The second-order valence-electron chi connectivity index (χ2n) is 9.88. The average molecular weight is 514 g/mol. The lowest BCUT2D eigenvalue weighted by atomic mass is 10.0. The number of hydrogen-bond donors (Lipinski definition) is 4. The van der Waals surface area contributed by atoms with Gasteiger partial charge in [0, 0.05) is 11.8 Å². The molecule has 2 rings (SSSR count). The maximum atomic E-state index is 12.8. The highest BCUT2D eigenvalue weighted by molar-refractivity contribution is 5.99. The van der Waals surface area contributed by atoms with Crippen LogP contribution in [0.2, 0.25) is 0 Å². The van der Waals surface area contributed by atoms with Gasteiger partial charge in [-0.3, -0.25) is 9.59 Å². The van der Waals surface area contributed by atoms with Gasteiger partial charge in [0.15, 0.2) is 0 Å². The maximum Gasteiger partial charge on any atom is 0.408 e. The first kappa shape index (κ1) is 29.2. The number of carboxylic acids is 1. The first-order valence-corrected chi connectivity index (χ1v) is 11.9. The van der Waals surface area contributed by atoms with Crippen molar-refractivity contribution < 1.29 is 33.8 Å². The van der Waals surface area contributed by atoms with E-state index in [-0.39, 0.29) is 23.8 Å². The van der Waals surface area contributed by atoms with Crippen molar-refractivity contribution in [3.8, 4) is 5.75 Å². The Hall–Kier alpha value is -4.08. The average Bonchev–Trinajstić information content (AvgIpc) is 2.80. The molecule has 0 aliphatic rings. The molecule has 0 unspecified atom stereocenters. The summed E-state index contributed by atoms with van der Waals surface area (Å²) in [6.07, 6.45) is -0.736. The van der Waals surface area contributed by atoms with Crippen molar-refractivity contribution in [2.75, 3.05) is 5.32 Å². The van der Waals surface area contributed by atoms with Gasteiger partial charge in [0.1, 0.15) is 35.6 Å². The number of carboxylic acid groups (broad SMARTS) is 1. The second-order valence-corrected chi connectivity index (χ2v) is 9.88. The van der Waals surface area contributed by atoms with E-state index < -0.39 is 41.6 Å². The molecule has 2 atom stereocenters. The molecule has 0 saturated carbocycles. The molecule has 0 bridgehead atoms. The smallest absolute Gasteiger partial charge is 0.408 e. The molecule has 0 aromatic heterocycles. The van der Waals surface area contributed by atoms with Crippen molar-refractivity contribution in [2.45, 2.75) is 65.8 Å². The Kier molecular flexibility index (Phi) is 10.0. The summed E-state index contributed by atoms with van der Waals surface area (Å²) in [5, 5.41) is 17.3. The van der Waals surface area contributed by atoms with Crippen LogP contribution >= 0.6 is 0 Å². The summed E-state index contributed by atoms with van der Waals surface area (Å²) in [4.78, 5) is 49.3. The number of carbonyl (C=O) groups is 4. The first-order valence-electron chi connectivity index (χ1n) is 11.9. The molecule has 0 spiro atoms. The number of carbonyl (C=O) groups excluding carboxylic acids is 3. The van der Waals surface area contributed by atoms with E-state index >= 15 is 0 Å². The number of anilines is 1. The predicted octanol–water partition coefficient (Wildman–Crippen LogP) is 3.96. The summed E-state index contributed by atoms with van der Waals surface area (Å²) in [5.41, 5.74) is 0.369. The van der Waals surface area contributed by atoms with E-state index in [0.29, 0.717) is 5.69 Å². The first-order chi connectivity index (χ1) is 17.3. The zero-order valence-corrected chi connectivity index (χ0v) is 22.0. The quantitative estimate of drug-likeness (QED) is 0.377. The van der Waals surface area contributed by atoms with Crippen LogP contribution in [0.4, 0.5) is 10.5 Å². The number of hydrogen-bond acceptors (Lipinski definition) is 6. The van der Waals surface area contributed by atoms with Crippen molar-refractivity contribution in [2.24, 2.45) is 5.92 Å². The molecule has 2 aromatic rings. The fraction of sp³-hybridized carbons (Fsp3) is 0.407. The van der Waals surface area contributed by atoms with Crippen LogP contribution in [0.15, 0.2) is 48.5 Å². The van der Waals surface area contributed by atoms with Crippen molar-refractivity contribution in [1.82, 2.24) is 10.6 Å². The Morgan fingerprint density at radius 1 is 0.919 bits per heavy atom. The molecule has 2 aromatic carbocycles. The minimum Gasteiger partial charge on any atom is -0.488 e. The van der Waals surface area contributed by atoms with Crippen LogP contribution in [0.3, 0.4) is 0 Å². The van der Waals surface area contributed by atoms with E-state index in [1.165, 1.54) is 25.1 Å². The van der Waals surface area contributed by atoms with Gasteiger partial charge in [-0.05, 0) is 51.3 Å². The summed E-state index contributed by atoms with van der Waals surface area (Å²) in [6, 6.07) is 11.6. The number of aromatic carboxylic acids is 1. The van der Waals surface area contributed by atoms with Gasteiger partial charge in [0.2, 0.25) is 11.8 Å². The predicted molar refractivity (Wildman–Crippen MR) is 138 cm³/mol. The second kappa shape index (κ2) is 12.8. The summed E-state index contributed by atoms with van der Waals surface area (Å²) < 4.78 is 10.9. The Labute approximate surface area is 216 Å². The molecule has 0 radical (unpaired) electrons. The number of ether oxygens (including phenoxy) is 2. The topological polar surface area (TPSA) is 143 Å². The van der Waals surface area contributed by atoms with Crippen molar-refractivity contribution in [1.29, 1.82) is 0 Å². The van der Waals surface area contributed by atoms with Gasteiger partial charge in [-0.15, -0.1) is 0 Å². The summed E-state index contributed by atoms with van der Waals surface area (Å²) in [5.74, 6) is -2.43. The Morgan fingerprint density at radius 2 is 1.57 bits per heavy atom. The van der Waals surface area contributed by atoms with Gasteiger partial charge in [0.05, 0.1) is 0 Å². The maximum absolute atomic E-state index is 12.8. The van der Waals surface area contributed by atoms with Gasteiger partial charge in [-0.1, -0.05) is 44.2 Å². The van der Waals surface area contributed by atoms with Crippen LogP contribution in [0.25, 0.3) is 0 Å². The van der Waals surface area contributed by atoms with Gasteiger partial charge in [-0.25, -0.2) is 9.59 Å². The van der Waals surface area contributed by atoms with Gasteiger partial charge in [0.25, 0.3) is 0 Å². The molecule has 37 heavy (non-hydrogen) atoms. The minimum absolute atomic E-state index is 0.0525. The fourth-order valence-electron chi connectivity index (χ4n) is 3.22. The molecular weight excluding hydrogens is 478 g/mol. The molecule has 10 nitrogen and oxygen atoms in total. The van der Waals surface area contributed by atoms with Crippen LogP contribution in [0.1, 0.15) is 57.5 Å². The SMILES string of the molecule is CC(C)[C@H](NC(=O)OC(C)(C)C)C(=O)N[C@@H](C)C(=O)Nc1ccc(C(=O)O)c(OCc2ccccc2)c1. The largest absolute Gasteiger partial charge is 0.488 e. The van der Waals surface area contributed by atoms with Gasteiger partial charge in [-0.2, -0.15) is 0 Å². The number of rotatable bonds is 10. The third kappa shape index (κ3) is 9.47. The molecule has 0 fully saturated rings. The minimum atomic E-state index is -1.17. The third-order valence-electron chi connectivity index (χ3n) is 5.09. The molecule has 0 heterocycles. The lowest BCUT2D eigenvalue weighted by Gasteiger charge is -2.26. The summed E-state index contributed by atoms with van der Waals surface area (Å²) >= 11 is 0. The number of nitrogens with one attached hydrogen (secondary N) is 3. The zero-order chi connectivity index (χ0) is 27.8. The van der Waals surface area contributed by atoms with Crippen LogP contribution < -0.4 is 20.7 Å². The normalized spacial score (nSPS) is 12.7. The lowest BCUT2D eigenvalue weighted by Crippen LogP contribution is -2.54. The summed E-state index contributed by atoms with van der Waals surface area (Å²) in [7, 11) is 0. The number of amides is 3. The standard InChI is InChI=1S/C27H35N3O7/c1-16(2)22(30-26(35)37-27(4,5)6)24(32)28-17(3)23(31)29-19-12-13-20(25(33)34)21(14-19)36-15-18-10-8-7-9-11-18/h7-14,16-17,22H,15H2,1-6H3,(H,28,32)(H,29,31)(H,30,35)(H,33,34)/t17-,22-/m0/s1. The molecule has 0 aliphatic carbocycles. The fourth-order valence-corrected chi connectivity index (χ4v) is 3.22. The highest BCUT2D eigenvalue weighted by atomic mass is 16.6. The van der Waals surface area contributed by atoms with E-state index in [4.69, 9.17) is 9.47 Å². The van der Waals surface area contributed by atoms with E-state index in [0.717, 1.165) is 5.56 Å². The molecular formula is C27H35N3O7. The van der Waals surface area contributed by atoms with E-state index in [1.54, 1.807) is 34.6 Å². The Balaban J connectivity index is 2.06. The van der Waals surface area contributed by atoms with Gasteiger partial charge >= 0.3 is 12.1 Å². The molecule has 0 aliphatic heterocycles. The van der Waals surface area contributed by atoms with Crippen LogP contribution in [-0.2, 0) is 20.9 Å². The highest BCUT2D eigenvalue weighted by Gasteiger charge is 2.29. The van der Waals surface area contributed by atoms with Gasteiger partial charge < -0.3 is 30.5 Å². The van der Waals surface area contributed by atoms with E-state index in [1.807, 2.05) is 30.3 Å². The third-order valence-corrected chi connectivity index (χ3v) is 5.09. The van der Waals surface area contributed by atoms with Crippen molar-refractivity contribution in [3.05, 3.63) is 59.7 Å². The van der Waals surface area contributed by atoms with Crippen LogP contribution in [0.5, 0.6) is 5.75 Å². The number of benzene rings is 2. The molecule has 0 saturated heterocycles. The molecule has 200 valence electrons. The number of alkyl carbamates (subject to hydrolysis) is 1. The molecule has 4 N–H and O–H groups in total. The Bertz CT molecular complexity index is 1110. The Morgan fingerprint density at radius 3 is 2.14 bits per heavy atom. The van der Waals surface area contributed by atoms with Crippen LogP contribution in [-0.4, -0.2) is 46.7 Å². The van der Waals surface area contributed by atoms with E-state index in [9.17, 15) is 24.3 Å². The summed E-state index contributed by atoms with van der Waals surface area (Å²) in [6.45, 7) is 10.3. The molecule has 10 heteroatoms. The lowest BCUT2D eigenvalue weighted by molar-refractivity contribution is -0.128. The van der Waals surface area contributed by atoms with Crippen molar-refractivity contribution in [3.63, 3.8) is 0 Å². The molecule has 3 amide bonds. The van der Waals surface area contributed by atoms with Crippen LogP contribution in [0, 0.1) is 5.92 Å². The monoisotopic (exact) mass is 513 g/mol.